The van der Waals surface area contributed by atoms with E-state index in [1.165, 1.54) is 23.4 Å². The molecule has 22 N–H and O–H groups in total. The number of fused-ring (bicyclic) bond motifs is 2. The fourth-order valence-electron chi connectivity index (χ4n) is 11.2. The number of guanidine groups is 1. The minimum absolute atomic E-state index is 0.000794. The number of hydrogen-bond acceptors (Lipinski definition) is 16. The molecule has 0 radical (unpaired) electrons. The minimum atomic E-state index is -1.29. The number of carboxylic acid groups (broad SMARTS) is 1. The van der Waals surface area contributed by atoms with Crippen LogP contribution in [0.1, 0.15) is 94.5 Å². The topological polar surface area (TPSA) is 542 Å². The summed E-state index contributed by atoms with van der Waals surface area (Å²) in [4.78, 5) is 171. The first-order chi connectivity index (χ1) is 47.2. The van der Waals surface area contributed by atoms with Gasteiger partial charge in [-0.1, -0.05) is 62.4 Å². The number of aromatic hydroxyl groups is 1. The Kier molecular flexibility index (Phi) is 29.3. The first-order valence-electron chi connectivity index (χ1n) is 32.2. The van der Waals surface area contributed by atoms with Gasteiger partial charge in [0.15, 0.2) is 5.96 Å². The zero-order valence-corrected chi connectivity index (χ0v) is 55.1. The molecule has 33 nitrogen and oxygen atoms in total. The number of imidazole rings is 1. The van der Waals surface area contributed by atoms with E-state index in [0.29, 0.717) is 36.1 Å². The smallest absolute Gasteiger partial charge is 0.300 e. The minimum Gasteiger partial charge on any atom is -0.508 e. The predicted molar refractivity (Wildman–Crippen MR) is 361 cm³/mol. The van der Waals surface area contributed by atoms with Gasteiger partial charge in [0.05, 0.1) is 19.5 Å². The Hall–Kier alpha value is -11.4. The van der Waals surface area contributed by atoms with Crippen LogP contribution in [0.2, 0.25) is 0 Å². The first-order valence-corrected chi connectivity index (χ1v) is 32.2. The van der Waals surface area contributed by atoms with Crippen molar-refractivity contribution in [2.24, 2.45) is 33.8 Å². The molecule has 11 amide bonds. The number of carboxylic acids is 1. The van der Waals surface area contributed by atoms with Crippen LogP contribution in [-0.2, 0) is 83.2 Å². The molecule has 8 atom stereocenters. The normalized spacial score (nSPS) is 15.7. The van der Waals surface area contributed by atoms with Crippen molar-refractivity contribution >= 4 is 98.7 Å². The number of amides is 11. The van der Waals surface area contributed by atoms with Gasteiger partial charge in [0, 0.05) is 105 Å². The van der Waals surface area contributed by atoms with Crippen LogP contribution < -0.4 is 65.5 Å². The zero-order chi connectivity index (χ0) is 72.3. The van der Waals surface area contributed by atoms with Crippen LogP contribution in [0, 0.1) is 5.92 Å². The highest BCUT2D eigenvalue weighted by molar-refractivity contribution is 5.99. The number of aromatic amines is 3. The molecule has 99 heavy (non-hydrogen) atoms. The monoisotopic (exact) mass is 1370 g/mol. The molecule has 6 aromatic rings. The SMILES string of the molecule is CC(=O)O.CC(C)C[C@H](NC(=O)[C@@H](Cc1c[nH]c2ccccc12)NC(=O)[C@H](Cc1ccc(O)cc1)NC(=O)CCO)C(=O)N[C@@H](CCCN=C(N)N)C(=O)N1CCC[C@H]1C(=O)NCC(N)=O.NC(=O)[C@H](Cc1c[nH]c2ccccc12)NC(=O)[C@H](Cc1cnc[nH]1)NC(=O)[C@@H]1CCC(=O)N1. The average molecular weight is 1370 g/mol. The number of nitrogens with two attached hydrogens (primary N) is 4. The van der Waals surface area contributed by atoms with E-state index in [-0.39, 0.29) is 94.4 Å². The molecular formula is C66H88N18O15. The van der Waals surface area contributed by atoms with Gasteiger partial charge < -0.3 is 101 Å². The summed E-state index contributed by atoms with van der Waals surface area (Å²) in [5, 5.41) is 49.7. The molecular weight excluding hydrogens is 1280 g/mol. The lowest BCUT2D eigenvalue weighted by atomic mass is 9.99. The number of aromatic nitrogens is 4. The molecule has 33 heteroatoms. The molecule has 0 bridgehead atoms. The molecule has 3 aromatic carbocycles. The largest absolute Gasteiger partial charge is 0.508 e. The number of carbonyl (C=O) groups excluding carboxylic acids is 11. The van der Waals surface area contributed by atoms with Crippen molar-refractivity contribution in [2.75, 3.05) is 26.2 Å². The average Bonchev–Trinajstić information content (AvgIpc) is 1.72. The Morgan fingerprint density at radius 3 is 1.78 bits per heavy atom. The fourth-order valence-corrected chi connectivity index (χ4v) is 11.2. The van der Waals surface area contributed by atoms with E-state index in [4.69, 9.17) is 32.8 Å². The van der Waals surface area contributed by atoms with Crippen molar-refractivity contribution in [3.63, 3.8) is 0 Å². The molecule has 5 heterocycles. The predicted octanol–water partition coefficient (Wildman–Crippen LogP) is -1.83. The van der Waals surface area contributed by atoms with E-state index in [1.54, 1.807) is 30.7 Å². The van der Waals surface area contributed by atoms with Gasteiger partial charge in [0.2, 0.25) is 65.0 Å². The van der Waals surface area contributed by atoms with E-state index in [9.17, 15) is 63.0 Å². The summed E-state index contributed by atoms with van der Waals surface area (Å²) in [7, 11) is 0. The number of primary amides is 2. The lowest BCUT2D eigenvalue weighted by Crippen LogP contribution is -2.60. The van der Waals surface area contributed by atoms with Gasteiger partial charge in [-0.3, -0.25) is 62.5 Å². The van der Waals surface area contributed by atoms with Crippen LogP contribution >= 0.6 is 0 Å². The van der Waals surface area contributed by atoms with Gasteiger partial charge in [-0.15, -0.1) is 0 Å². The number of aliphatic carboxylic acids is 1. The number of aliphatic hydroxyl groups is 1. The van der Waals surface area contributed by atoms with Gasteiger partial charge in [-0.25, -0.2) is 4.98 Å². The van der Waals surface area contributed by atoms with E-state index in [2.05, 4.69) is 67.5 Å². The third kappa shape index (κ3) is 24.3. The Labute approximate surface area is 569 Å². The second kappa shape index (κ2) is 37.8. The molecule has 532 valence electrons. The number of para-hydroxylation sites is 2. The Balaban J connectivity index is 0.000000347. The molecule has 2 fully saturated rings. The highest BCUT2D eigenvalue weighted by Gasteiger charge is 2.40. The summed E-state index contributed by atoms with van der Waals surface area (Å²) in [5.74, 6) is -7.68. The maximum atomic E-state index is 14.5. The third-order valence-electron chi connectivity index (χ3n) is 16.0. The summed E-state index contributed by atoms with van der Waals surface area (Å²) in [5.41, 5.74) is 26.2. The number of phenolic OH excluding ortho intramolecular Hbond substituents is 1. The van der Waals surface area contributed by atoms with Gasteiger partial charge in [0.1, 0.15) is 54.1 Å². The standard InChI is InChI=1S/C42H59N11O9.C22H25N7O4.C2H4O2/c1-24(2)19-31(37(58)50-30(9-5-16-46-42(44)45)41(62)53-17-6-10-34(53)40(61)48-23-35(43)56)51-39(60)33(21-26-22-47-29-8-4-3-7-28(26)29)52-38(59)32(49-36(57)15-18-54)20-25-11-13-27(55)14-12-25;23-20(31)17(7-12-9-25-15-4-2-1-3-14(12)15)28-22(33)18(8-13-10-24-11-26-13)29-21(32)16-5-6-19(30)27-16;1-2(3)4/h3-4,7-8,11-14,22,24,30-34,47,54-55H,5-6,9-10,15-21,23H2,1-2H3,(H2,43,56)(H,48,61)(H,49,57)(H,50,58)(H,51,60)(H,52,59)(H4,44,45,46);1-4,9-11,16-18,25H,5-8H2,(H2,23,31)(H,24,26)(H,27,30)(H,28,33)(H,29,32);1H3,(H,3,4)/t30-,31-,32-,33+,34-;16-,17-,18-;/m00./s1. The van der Waals surface area contributed by atoms with Crippen molar-refractivity contribution in [2.45, 2.75) is 146 Å². The van der Waals surface area contributed by atoms with Gasteiger partial charge in [0.25, 0.3) is 5.97 Å². The van der Waals surface area contributed by atoms with Crippen LogP contribution in [0.4, 0.5) is 0 Å². The number of likely N-dealkylation sites (tertiary alicyclic amines) is 1. The number of benzene rings is 3. The Bertz CT molecular complexity index is 3810. The van der Waals surface area contributed by atoms with Crippen molar-refractivity contribution in [3.8, 4) is 5.75 Å². The molecule has 2 aliphatic rings. The number of nitrogens with one attached hydrogen (secondary N) is 11. The molecule has 0 unspecified atom stereocenters. The quantitative estimate of drug-likeness (QED) is 0.0126. The van der Waals surface area contributed by atoms with Gasteiger partial charge in [-0.05, 0) is 85.4 Å². The van der Waals surface area contributed by atoms with Crippen molar-refractivity contribution in [1.29, 1.82) is 0 Å². The Morgan fingerprint density at radius 1 is 0.677 bits per heavy atom. The molecule has 3 aromatic heterocycles. The van der Waals surface area contributed by atoms with Crippen molar-refractivity contribution < 1.29 is 72.9 Å². The number of H-pyrrole nitrogens is 3. The number of nitrogens with zero attached hydrogens (tertiary/aromatic N) is 3. The zero-order valence-electron chi connectivity index (χ0n) is 55.1. The van der Waals surface area contributed by atoms with E-state index >= 15 is 0 Å². The Morgan fingerprint density at radius 2 is 1.23 bits per heavy atom. The molecule has 0 spiro atoms. The lowest BCUT2D eigenvalue weighted by molar-refractivity contribution is -0.142. The number of carbonyl (C=O) groups is 12. The van der Waals surface area contributed by atoms with Crippen LogP contribution in [0.15, 0.2) is 103 Å². The van der Waals surface area contributed by atoms with Crippen LogP contribution in [0.5, 0.6) is 5.75 Å². The van der Waals surface area contributed by atoms with Gasteiger partial charge >= 0.3 is 0 Å². The van der Waals surface area contributed by atoms with Gasteiger partial charge in [-0.2, -0.15) is 0 Å². The number of hydrogen-bond donors (Lipinski definition) is 18. The maximum Gasteiger partial charge on any atom is 0.300 e. The summed E-state index contributed by atoms with van der Waals surface area (Å²) < 4.78 is 0. The molecule has 2 saturated heterocycles. The van der Waals surface area contributed by atoms with Crippen molar-refractivity contribution in [3.05, 3.63) is 120 Å². The second-order valence-corrected chi connectivity index (χ2v) is 24.2. The maximum absolute atomic E-state index is 14.5. The number of rotatable bonds is 32. The van der Waals surface area contributed by atoms with Crippen molar-refractivity contribution in [1.82, 2.24) is 67.4 Å². The fraction of sp³-hybridized carbons (Fsp3) is 0.424. The van der Waals surface area contributed by atoms with E-state index < -0.39 is 127 Å². The highest BCUT2D eigenvalue weighted by Crippen LogP contribution is 2.24. The molecule has 0 saturated carbocycles. The van der Waals surface area contributed by atoms with Crippen LogP contribution in [-0.4, -0.2) is 192 Å². The summed E-state index contributed by atoms with van der Waals surface area (Å²) >= 11 is 0. The van der Waals surface area contributed by atoms with E-state index in [1.807, 2.05) is 62.4 Å². The molecule has 2 aliphatic heterocycles. The number of aliphatic imine (C=N–C) groups is 1. The van der Waals surface area contributed by atoms with E-state index in [0.717, 1.165) is 34.3 Å². The highest BCUT2D eigenvalue weighted by atomic mass is 16.4. The second-order valence-electron chi connectivity index (χ2n) is 24.2. The summed E-state index contributed by atoms with van der Waals surface area (Å²) in [6.45, 7) is 4.25. The summed E-state index contributed by atoms with van der Waals surface area (Å²) in [6, 6.07) is 12.6. The number of aliphatic hydroxyl groups excluding tert-OH is 1. The van der Waals surface area contributed by atoms with Crippen LogP contribution in [0.25, 0.3) is 21.8 Å². The van der Waals surface area contributed by atoms with Crippen LogP contribution in [0.3, 0.4) is 0 Å². The first kappa shape index (κ1) is 76.6. The molecule has 8 rings (SSSR count). The lowest BCUT2D eigenvalue weighted by Gasteiger charge is -2.30. The molecule has 0 aliphatic carbocycles. The summed E-state index contributed by atoms with van der Waals surface area (Å²) in [6.07, 6.45) is 8.36. The number of phenols is 1. The third-order valence-corrected chi connectivity index (χ3v) is 16.0.